The zero-order valence-corrected chi connectivity index (χ0v) is 6.13. The van der Waals surface area contributed by atoms with Gasteiger partial charge in [0.15, 0.2) is 5.96 Å². The van der Waals surface area contributed by atoms with Crippen LogP contribution in [0.5, 0.6) is 0 Å². The Labute approximate surface area is 65.1 Å². The predicted octanol–water partition coefficient (Wildman–Crippen LogP) is -0.463. The Balaban J connectivity index is 3.89. The number of nitrogens with two attached hydrogens (primary N) is 1. The fourth-order valence-corrected chi connectivity index (χ4v) is 0.649. The van der Waals surface area contributed by atoms with Crippen LogP contribution in [-0.2, 0) is 4.79 Å². The molecule has 1 unspecified atom stereocenters. The van der Waals surface area contributed by atoms with Gasteiger partial charge in [0.1, 0.15) is 6.04 Å². The van der Waals surface area contributed by atoms with Gasteiger partial charge in [0.2, 0.25) is 0 Å². The van der Waals surface area contributed by atoms with E-state index in [0.29, 0.717) is 12.8 Å². The normalized spacial score (nSPS) is 12.1. The average Bonchev–Trinajstić information content (AvgIpc) is 1.86. The van der Waals surface area contributed by atoms with E-state index in [1.54, 1.807) is 0 Å². The maximum absolute atomic E-state index is 10.4. The SMILES string of the molecule is [CH2]CCC(NC(=N)N)C(=O)O. The molecule has 0 aliphatic heterocycles. The number of rotatable bonds is 4. The first kappa shape index (κ1) is 9.74. The lowest BCUT2D eigenvalue weighted by atomic mass is 10.2. The van der Waals surface area contributed by atoms with Crippen molar-refractivity contribution in [3.63, 3.8) is 0 Å². The van der Waals surface area contributed by atoms with Gasteiger partial charge >= 0.3 is 5.97 Å². The van der Waals surface area contributed by atoms with Gasteiger partial charge < -0.3 is 16.2 Å². The molecule has 5 N–H and O–H groups in total. The number of guanidine groups is 1. The fourth-order valence-electron chi connectivity index (χ4n) is 0.649. The molecule has 0 aliphatic carbocycles. The number of aliphatic carboxylic acids is 1. The van der Waals surface area contributed by atoms with Gasteiger partial charge in [0.05, 0.1) is 0 Å². The number of carboxylic acids is 1. The summed E-state index contributed by atoms with van der Waals surface area (Å²) < 4.78 is 0. The maximum Gasteiger partial charge on any atom is 0.326 e. The minimum Gasteiger partial charge on any atom is -0.480 e. The van der Waals surface area contributed by atoms with Crippen LogP contribution in [0, 0.1) is 12.3 Å². The number of nitrogens with one attached hydrogen (secondary N) is 2. The molecule has 0 aromatic carbocycles. The van der Waals surface area contributed by atoms with Gasteiger partial charge in [-0.2, -0.15) is 0 Å². The molecule has 0 heterocycles. The molecule has 0 saturated carbocycles. The molecule has 63 valence electrons. The Morgan fingerprint density at radius 1 is 1.82 bits per heavy atom. The molecular formula is C6H12N3O2. The summed E-state index contributed by atoms with van der Waals surface area (Å²) in [5.41, 5.74) is 4.95. The van der Waals surface area contributed by atoms with Crippen LogP contribution in [0.3, 0.4) is 0 Å². The molecular weight excluding hydrogens is 146 g/mol. The van der Waals surface area contributed by atoms with E-state index in [1.165, 1.54) is 0 Å². The second-order valence-corrected chi connectivity index (χ2v) is 2.09. The molecule has 0 aromatic heterocycles. The molecule has 0 aromatic rings. The number of hydrogen-bond donors (Lipinski definition) is 4. The molecule has 11 heavy (non-hydrogen) atoms. The standard InChI is InChI=1S/C6H12N3O2/c1-2-3-4(5(10)11)9-6(7)8/h4H,1-3H2,(H,10,11)(H4,7,8,9). The molecule has 5 heteroatoms. The van der Waals surface area contributed by atoms with E-state index in [1.807, 2.05) is 0 Å². The second-order valence-electron chi connectivity index (χ2n) is 2.09. The zero-order chi connectivity index (χ0) is 8.85. The average molecular weight is 158 g/mol. The minimum absolute atomic E-state index is 0.328. The highest BCUT2D eigenvalue weighted by Crippen LogP contribution is 1.94. The highest BCUT2D eigenvalue weighted by molar-refractivity contribution is 5.82. The molecule has 0 amide bonds. The van der Waals surface area contributed by atoms with Crippen molar-refractivity contribution in [2.24, 2.45) is 5.73 Å². The largest absolute Gasteiger partial charge is 0.480 e. The topological polar surface area (TPSA) is 99.2 Å². The fraction of sp³-hybridized carbons (Fsp3) is 0.500. The van der Waals surface area contributed by atoms with Gasteiger partial charge in [-0.3, -0.25) is 5.41 Å². The lowest BCUT2D eigenvalue weighted by Gasteiger charge is -2.12. The van der Waals surface area contributed by atoms with Crippen LogP contribution >= 0.6 is 0 Å². The Morgan fingerprint density at radius 2 is 2.36 bits per heavy atom. The summed E-state index contributed by atoms with van der Waals surface area (Å²) >= 11 is 0. The number of carbonyl (C=O) groups is 1. The van der Waals surface area contributed by atoms with Crippen molar-refractivity contribution in [3.05, 3.63) is 6.92 Å². The van der Waals surface area contributed by atoms with Crippen molar-refractivity contribution >= 4 is 11.9 Å². The van der Waals surface area contributed by atoms with Gasteiger partial charge in [-0.15, -0.1) is 0 Å². The van der Waals surface area contributed by atoms with Gasteiger partial charge in [0, 0.05) is 0 Å². The molecule has 1 atom stereocenters. The molecule has 0 fully saturated rings. The molecule has 0 rings (SSSR count). The van der Waals surface area contributed by atoms with Crippen LogP contribution in [0.2, 0.25) is 0 Å². The van der Waals surface area contributed by atoms with Gasteiger partial charge in [-0.25, -0.2) is 4.79 Å². The smallest absolute Gasteiger partial charge is 0.326 e. The first-order chi connectivity index (χ1) is 5.07. The Kier molecular flexibility index (Phi) is 4.02. The molecule has 5 nitrogen and oxygen atoms in total. The summed E-state index contributed by atoms with van der Waals surface area (Å²) in [5, 5.41) is 17.6. The molecule has 0 spiro atoms. The highest BCUT2D eigenvalue weighted by atomic mass is 16.4. The third kappa shape index (κ3) is 4.19. The Hall–Kier alpha value is -1.26. The van der Waals surface area contributed by atoms with Crippen molar-refractivity contribution in [1.82, 2.24) is 5.32 Å². The monoisotopic (exact) mass is 158 g/mol. The van der Waals surface area contributed by atoms with Crippen LogP contribution in [0.1, 0.15) is 12.8 Å². The van der Waals surface area contributed by atoms with Crippen molar-refractivity contribution in [2.45, 2.75) is 18.9 Å². The van der Waals surface area contributed by atoms with Gasteiger partial charge in [-0.05, 0) is 6.42 Å². The van der Waals surface area contributed by atoms with E-state index >= 15 is 0 Å². The summed E-state index contributed by atoms with van der Waals surface area (Å²) in [6, 6.07) is -0.787. The van der Waals surface area contributed by atoms with Crippen molar-refractivity contribution in [2.75, 3.05) is 0 Å². The lowest BCUT2D eigenvalue weighted by molar-refractivity contribution is -0.139. The maximum atomic E-state index is 10.4. The summed E-state index contributed by atoms with van der Waals surface area (Å²) in [4.78, 5) is 10.4. The Bertz CT molecular complexity index is 158. The third-order valence-electron chi connectivity index (χ3n) is 1.12. The predicted molar refractivity (Wildman–Crippen MR) is 41.1 cm³/mol. The summed E-state index contributed by atoms with van der Waals surface area (Å²) in [6.07, 6.45) is 0.867. The van der Waals surface area contributed by atoms with Crippen LogP contribution < -0.4 is 11.1 Å². The zero-order valence-electron chi connectivity index (χ0n) is 6.13. The van der Waals surface area contributed by atoms with E-state index in [0.717, 1.165) is 0 Å². The molecule has 0 saturated heterocycles. The minimum atomic E-state index is -1.01. The van der Waals surface area contributed by atoms with Crippen LogP contribution in [0.15, 0.2) is 0 Å². The van der Waals surface area contributed by atoms with E-state index in [-0.39, 0.29) is 5.96 Å². The summed E-state index contributed by atoms with van der Waals surface area (Å²) in [7, 11) is 0. The summed E-state index contributed by atoms with van der Waals surface area (Å²) in [6.45, 7) is 3.50. The number of hydrogen-bond acceptors (Lipinski definition) is 2. The van der Waals surface area contributed by atoms with Crippen molar-refractivity contribution in [3.8, 4) is 0 Å². The van der Waals surface area contributed by atoms with Crippen molar-refractivity contribution in [1.29, 1.82) is 5.41 Å². The van der Waals surface area contributed by atoms with Gasteiger partial charge in [-0.1, -0.05) is 13.3 Å². The molecule has 1 radical (unpaired) electrons. The molecule has 0 bridgehead atoms. The number of carboxylic acid groups (broad SMARTS) is 1. The van der Waals surface area contributed by atoms with E-state index in [4.69, 9.17) is 16.2 Å². The van der Waals surface area contributed by atoms with E-state index in [2.05, 4.69) is 12.2 Å². The van der Waals surface area contributed by atoms with E-state index in [9.17, 15) is 4.79 Å². The van der Waals surface area contributed by atoms with E-state index < -0.39 is 12.0 Å². The van der Waals surface area contributed by atoms with Gasteiger partial charge in [0.25, 0.3) is 0 Å². The van der Waals surface area contributed by atoms with Crippen molar-refractivity contribution < 1.29 is 9.90 Å². The Morgan fingerprint density at radius 3 is 2.64 bits per heavy atom. The first-order valence-corrected chi connectivity index (χ1v) is 3.20. The van der Waals surface area contributed by atoms with Crippen LogP contribution in [0.25, 0.3) is 0 Å². The highest BCUT2D eigenvalue weighted by Gasteiger charge is 2.15. The third-order valence-corrected chi connectivity index (χ3v) is 1.12. The second kappa shape index (κ2) is 4.54. The summed E-state index contributed by atoms with van der Waals surface area (Å²) in [5.74, 6) is -1.34. The molecule has 0 aliphatic rings. The quantitative estimate of drug-likeness (QED) is 0.328. The van der Waals surface area contributed by atoms with Crippen LogP contribution in [0.4, 0.5) is 0 Å². The van der Waals surface area contributed by atoms with Crippen LogP contribution in [-0.4, -0.2) is 23.1 Å². The first-order valence-electron chi connectivity index (χ1n) is 3.20. The lowest BCUT2D eigenvalue weighted by Crippen LogP contribution is -2.43.